The van der Waals surface area contributed by atoms with Gasteiger partial charge in [0.25, 0.3) is 0 Å². The third-order valence-corrected chi connectivity index (χ3v) is 7.10. The van der Waals surface area contributed by atoms with Gasteiger partial charge in [-0.1, -0.05) is 37.4 Å². The lowest BCUT2D eigenvalue weighted by Crippen LogP contribution is -2.47. The Labute approximate surface area is 174 Å². The number of thioether (sulfide) groups is 1. The Hall–Kier alpha value is -2.09. The van der Waals surface area contributed by atoms with Gasteiger partial charge in [0.2, 0.25) is 15.9 Å². The fourth-order valence-corrected chi connectivity index (χ4v) is 5.12. The molecule has 156 valence electrons. The molecule has 1 amide bonds. The zero-order chi connectivity index (χ0) is 21.1. The molecule has 0 saturated heterocycles. The molecule has 2 aromatic rings. The van der Waals surface area contributed by atoms with Gasteiger partial charge in [-0.25, -0.2) is 18.5 Å². The summed E-state index contributed by atoms with van der Waals surface area (Å²) < 4.78 is 25.1. The summed E-state index contributed by atoms with van der Waals surface area (Å²) in [5.41, 5.74) is 0.516. The zero-order valence-electron chi connectivity index (χ0n) is 16.3. The van der Waals surface area contributed by atoms with E-state index in [0.717, 1.165) is 31.2 Å². The molecule has 1 heterocycles. The molecule has 1 aliphatic carbocycles. The number of sulfonamides is 1. The molecule has 0 bridgehead atoms. The van der Waals surface area contributed by atoms with E-state index in [0.29, 0.717) is 30.1 Å². The van der Waals surface area contributed by atoms with Gasteiger partial charge in [0, 0.05) is 6.54 Å². The lowest BCUT2D eigenvalue weighted by atomic mass is 9.92. The molecule has 8 nitrogen and oxygen atoms in total. The first kappa shape index (κ1) is 21.6. The number of carbonyl (C=O) groups is 1. The average Bonchev–Trinajstić information content (AvgIpc) is 2.87. The number of nitrogens with one attached hydrogen (secondary N) is 1. The highest BCUT2D eigenvalue weighted by atomic mass is 32.2. The summed E-state index contributed by atoms with van der Waals surface area (Å²) in [5, 5.41) is 18.4. The Bertz CT molecular complexity index is 1050. The monoisotopic (exact) mass is 435 g/mol. The van der Waals surface area contributed by atoms with Crippen LogP contribution in [0.15, 0.2) is 28.3 Å². The second kappa shape index (κ2) is 8.73. The standard InChI is InChI=1S/C19H25N5O3S2/c1-2-24-16-8-7-14(29(21,26)27)11-15(16)22-18(24)28-12-17(25)23-19(13-20)9-5-3-4-6-10-19/h7-8,11H,2-6,9-10,12H2,1H3,(H,23,25)(H2,21,26,27). The van der Waals surface area contributed by atoms with Crippen molar-refractivity contribution in [3.8, 4) is 6.07 Å². The number of hydrogen-bond donors (Lipinski definition) is 2. The van der Waals surface area contributed by atoms with Gasteiger partial charge in [-0.05, 0) is 38.0 Å². The third-order valence-electron chi connectivity index (χ3n) is 5.21. The summed E-state index contributed by atoms with van der Waals surface area (Å²) in [6.45, 7) is 2.58. The predicted molar refractivity (Wildman–Crippen MR) is 112 cm³/mol. The number of nitriles is 1. The van der Waals surface area contributed by atoms with E-state index in [9.17, 15) is 18.5 Å². The third kappa shape index (κ3) is 4.91. The summed E-state index contributed by atoms with van der Waals surface area (Å²) in [6.07, 6.45) is 5.44. The molecule has 29 heavy (non-hydrogen) atoms. The highest BCUT2D eigenvalue weighted by molar-refractivity contribution is 7.99. The van der Waals surface area contributed by atoms with E-state index in [1.165, 1.54) is 23.9 Å². The number of carbonyl (C=O) groups excluding carboxylic acids is 1. The number of rotatable bonds is 6. The van der Waals surface area contributed by atoms with E-state index in [4.69, 9.17) is 5.14 Å². The molecule has 1 aromatic heterocycles. The van der Waals surface area contributed by atoms with Crippen LogP contribution in [0.5, 0.6) is 0 Å². The van der Waals surface area contributed by atoms with Crippen molar-refractivity contribution in [2.75, 3.05) is 5.75 Å². The zero-order valence-corrected chi connectivity index (χ0v) is 18.0. The molecule has 3 N–H and O–H groups in total. The molecule has 0 atom stereocenters. The summed E-state index contributed by atoms with van der Waals surface area (Å²) in [5.74, 6) is -0.0622. The van der Waals surface area contributed by atoms with Crippen molar-refractivity contribution in [2.24, 2.45) is 5.14 Å². The summed E-state index contributed by atoms with van der Waals surface area (Å²) in [7, 11) is -3.81. The minimum atomic E-state index is -3.81. The second-order valence-corrected chi connectivity index (χ2v) is 9.78. The van der Waals surface area contributed by atoms with Crippen LogP contribution in [-0.2, 0) is 21.4 Å². The van der Waals surface area contributed by atoms with E-state index in [1.807, 2.05) is 11.5 Å². The Morgan fingerprint density at radius 1 is 1.34 bits per heavy atom. The minimum Gasteiger partial charge on any atom is -0.337 e. The van der Waals surface area contributed by atoms with Crippen LogP contribution in [-0.4, -0.2) is 35.2 Å². The van der Waals surface area contributed by atoms with Crippen LogP contribution in [0.3, 0.4) is 0 Å². The Morgan fingerprint density at radius 3 is 2.62 bits per heavy atom. The number of nitrogens with zero attached hydrogens (tertiary/aromatic N) is 3. The number of aromatic nitrogens is 2. The number of nitrogens with two attached hydrogens (primary N) is 1. The molecule has 1 fully saturated rings. The van der Waals surface area contributed by atoms with Gasteiger partial charge >= 0.3 is 0 Å². The molecule has 0 radical (unpaired) electrons. The molecule has 0 spiro atoms. The average molecular weight is 436 g/mol. The maximum Gasteiger partial charge on any atom is 0.238 e. The van der Waals surface area contributed by atoms with Crippen molar-refractivity contribution in [1.29, 1.82) is 5.26 Å². The molecular formula is C19H25N5O3S2. The maximum atomic E-state index is 12.5. The molecule has 1 aromatic carbocycles. The Balaban J connectivity index is 1.75. The van der Waals surface area contributed by atoms with Gasteiger partial charge < -0.3 is 9.88 Å². The largest absolute Gasteiger partial charge is 0.337 e. The van der Waals surface area contributed by atoms with E-state index >= 15 is 0 Å². The normalized spacial score (nSPS) is 16.9. The number of amides is 1. The Kier molecular flexibility index (Phi) is 6.51. The molecular weight excluding hydrogens is 410 g/mol. The topological polar surface area (TPSA) is 131 Å². The molecule has 0 unspecified atom stereocenters. The maximum absolute atomic E-state index is 12.5. The highest BCUT2D eigenvalue weighted by Gasteiger charge is 2.32. The number of imidazole rings is 1. The van der Waals surface area contributed by atoms with Gasteiger partial charge in [0.1, 0.15) is 5.54 Å². The first-order valence-corrected chi connectivity index (χ1v) is 12.2. The summed E-state index contributed by atoms with van der Waals surface area (Å²) in [4.78, 5) is 17.0. The number of benzene rings is 1. The summed E-state index contributed by atoms with van der Waals surface area (Å²) in [6, 6.07) is 6.89. The first-order chi connectivity index (χ1) is 13.8. The van der Waals surface area contributed by atoms with Crippen molar-refractivity contribution in [1.82, 2.24) is 14.9 Å². The van der Waals surface area contributed by atoms with Crippen molar-refractivity contribution < 1.29 is 13.2 Å². The minimum absolute atomic E-state index is 0.00405. The van der Waals surface area contributed by atoms with Crippen molar-refractivity contribution >= 4 is 38.7 Å². The number of fused-ring (bicyclic) bond motifs is 1. The lowest BCUT2D eigenvalue weighted by Gasteiger charge is -2.26. The lowest BCUT2D eigenvalue weighted by molar-refractivity contribution is -0.120. The van der Waals surface area contributed by atoms with E-state index in [-0.39, 0.29) is 16.6 Å². The van der Waals surface area contributed by atoms with Crippen LogP contribution in [0.25, 0.3) is 11.0 Å². The van der Waals surface area contributed by atoms with Gasteiger partial charge in [-0.2, -0.15) is 5.26 Å². The van der Waals surface area contributed by atoms with Crippen LogP contribution in [0, 0.1) is 11.3 Å². The fraction of sp³-hybridized carbons (Fsp3) is 0.526. The van der Waals surface area contributed by atoms with E-state index in [2.05, 4.69) is 16.4 Å². The smallest absolute Gasteiger partial charge is 0.238 e. The molecule has 10 heteroatoms. The first-order valence-electron chi connectivity index (χ1n) is 9.66. The van der Waals surface area contributed by atoms with Crippen LogP contribution < -0.4 is 10.5 Å². The molecule has 1 aliphatic rings. The van der Waals surface area contributed by atoms with Gasteiger partial charge in [-0.3, -0.25) is 4.79 Å². The molecule has 3 rings (SSSR count). The van der Waals surface area contributed by atoms with E-state index in [1.54, 1.807) is 6.07 Å². The molecule has 1 saturated carbocycles. The van der Waals surface area contributed by atoms with Gasteiger partial charge in [0.15, 0.2) is 5.16 Å². The SMILES string of the molecule is CCn1c(SCC(=O)NC2(C#N)CCCCCC2)nc2cc(S(N)(=O)=O)ccc21. The van der Waals surface area contributed by atoms with Crippen LogP contribution in [0.1, 0.15) is 45.4 Å². The highest BCUT2D eigenvalue weighted by Crippen LogP contribution is 2.28. The van der Waals surface area contributed by atoms with Gasteiger partial charge in [0.05, 0.1) is 27.8 Å². The van der Waals surface area contributed by atoms with Crippen LogP contribution in [0.4, 0.5) is 0 Å². The van der Waals surface area contributed by atoms with Crippen molar-refractivity contribution in [2.45, 2.75) is 67.6 Å². The molecule has 0 aliphatic heterocycles. The van der Waals surface area contributed by atoms with Crippen molar-refractivity contribution in [3.63, 3.8) is 0 Å². The fourth-order valence-electron chi connectivity index (χ4n) is 3.71. The van der Waals surface area contributed by atoms with Gasteiger partial charge in [-0.15, -0.1) is 0 Å². The van der Waals surface area contributed by atoms with Crippen LogP contribution >= 0.6 is 11.8 Å². The number of hydrogen-bond acceptors (Lipinski definition) is 6. The number of aryl methyl sites for hydroxylation is 1. The quantitative estimate of drug-likeness (QED) is 0.529. The Morgan fingerprint density at radius 2 is 2.03 bits per heavy atom. The van der Waals surface area contributed by atoms with Crippen LogP contribution in [0.2, 0.25) is 0 Å². The number of primary sulfonamides is 1. The predicted octanol–water partition coefficient (Wildman–Crippen LogP) is 2.53. The van der Waals surface area contributed by atoms with E-state index < -0.39 is 15.6 Å². The summed E-state index contributed by atoms with van der Waals surface area (Å²) >= 11 is 1.27. The van der Waals surface area contributed by atoms with Crippen molar-refractivity contribution in [3.05, 3.63) is 18.2 Å². The second-order valence-electron chi connectivity index (χ2n) is 7.28.